The van der Waals surface area contributed by atoms with Crippen LogP contribution in [0.1, 0.15) is 26.3 Å². The van der Waals surface area contributed by atoms with Crippen molar-refractivity contribution in [3.05, 3.63) is 65.4 Å². The Hall–Kier alpha value is -2.62. The highest BCUT2D eigenvalue weighted by atomic mass is 16.5. The average Bonchev–Trinajstić information content (AvgIpc) is 2.56. The number of hydrogen-bond donors (Lipinski definition) is 1. The average molecular weight is 298 g/mol. The van der Waals surface area contributed by atoms with Gasteiger partial charge in [-0.1, -0.05) is 30.4 Å². The molecular formula is C18H22N2O2. The van der Waals surface area contributed by atoms with Crippen LogP contribution in [0.25, 0.3) is 0 Å². The van der Waals surface area contributed by atoms with Crippen LogP contribution in [0, 0.1) is 0 Å². The Bertz CT molecular complexity index is 626. The molecule has 0 aliphatic rings. The van der Waals surface area contributed by atoms with Gasteiger partial charge < -0.3 is 10.1 Å². The number of para-hydroxylation sites is 1. The Kier molecular flexibility index (Phi) is 7.40. The third-order valence-electron chi connectivity index (χ3n) is 3.07. The molecule has 0 atom stereocenters. The summed E-state index contributed by atoms with van der Waals surface area (Å²) in [5.74, 6) is 1.10. The number of carbonyl (C=O) groups is 1. The SMILES string of the molecule is C\C=C/C=C(N=C(NC=O)c1ccccc1OC)\C(C)=C/C. The van der Waals surface area contributed by atoms with Crippen LogP contribution in [0.5, 0.6) is 5.75 Å². The zero-order valence-corrected chi connectivity index (χ0v) is 13.5. The highest BCUT2D eigenvalue weighted by Gasteiger charge is 2.10. The van der Waals surface area contributed by atoms with E-state index < -0.39 is 0 Å². The first-order valence-electron chi connectivity index (χ1n) is 7.06. The minimum absolute atomic E-state index is 0.449. The molecule has 1 N–H and O–H groups in total. The lowest BCUT2D eigenvalue weighted by molar-refractivity contribution is -0.108. The molecule has 0 spiro atoms. The molecule has 4 heteroatoms. The van der Waals surface area contributed by atoms with Gasteiger partial charge in [-0.15, -0.1) is 0 Å². The van der Waals surface area contributed by atoms with Crippen molar-refractivity contribution in [2.45, 2.75) is 20.8 Å². The first-order chi connectivity index (χ1) is 10.7. The molecule has 0 fully saturated rings. The molecule has 0 aliphatic heterocycles. The summed E-state index contributed by atoms with van der Waals surface area (Å²) in [5, 5.41) is 2.66. The van der Waals surface area contributed by atoms with Crippen LogP contribution in [0.2, 0.25) is 0 Å². The third kappa shape index (κ3) is 4.74. The van der Waals surface area contributed by atoms with Gasteiger partial charge in [0.25, 0.3) is 0 Å². The van der Waals surface area contributed by atoms with Crippen molar-refractivity contribution < 1.29 is 9.53 Å². The van der Waals surface area contributed by atoms with E-state index in [4.69, 9.17) is 4.74 Å². The fourth-order valence-electron chi connectivity index (χ4n) is 1.78. The lowest BCUT2D eigenvalue weighted by atomic mass is 10.1. The van der Waals surface area contributed by atoms with E-state index in [1.807, 2.05) is 69.3 Å². The quantitative estimate of drug-likeness (QED) is 0.377. The number of ether oxygens (including phenoxy) is 1. The number of amides is 1. The minimum Gasteiger partial charge on any atom is -0.496 e. The maximum Gasteiger partial charge on any atom is 0.212 e. The summed E-state index contributed by atoms with van der Waals surface area (Å²) in [4.78, 5) is 15.5. The molecule has 116 valence electrons. The Balaban J connectivity index is 3.41. The molecule has 1 aromatic rings. The van der Waals surface area contributed by atoms with Crippen molar-refractivity contribution >= 4 is 12.2 Å². The summed E-state index contributed by atoms with van der Waals surface area (Å²) < 4.78 is 5.34. The molecule has 0 saturated heterocycles. The minimum atomic E-state index is 0.449. The summed E-state index contributed by atoms with van der Waals surface area (Å²) in [7, 11) is 1.59. The second kappa shape index (κ2) is 9.34. The van der Waals surface area contributed by atoms with Crippen molar-refractivity contribution in [1.29, 1.82) is 0 Å². The lowest BCUT2D eigenvalue weighted by Crippen LogP contribution is -2.23. The van der Waals surface area contributed by atoms with Gasteiger partial charge in [0.15, 0.2) is 0 Å². The topological polar surface area (TPSA) is 50.7 Å². The summed E-state index contributed by atoms with van der Waals surface area (Å²) in [5.41, 5.74) is 2.52. The smallest absolute Gasteiger partial charge is 0.212 e. The summed E-state index contributed by atoms with van der Waals surface area (Å²) in [6.45, 7) is 5.86. The molecule has 1 rings (SSSR count). The normalized spacial score (nSPS) is 13.4. The van der Waals surface area contributed by atoms with Gasteiger partial charge in [0.2, 0.25) is 6.41 Å². The molecule has 1 aromatic carbocycles. The largest absolute Gasteiger partial charge is 0.496 e. The number of carbonyl (C=O) groups excluding carboxylic acids is 1. The van der Waals surface area contributed by atoms with Crippen LogP contribution in [0.4, 0.5) is 0 Å². The second-order valence-corrected chi connectivity index (χ2v) is 4.47. The highest BCUT2D eigenvalue weighted by Crippen LogP contribution is 2.20. The van der Waals surface area contributed by atoms with E-state index in [1.165, 1.54) is 0 Å². The van der Waals surface area contributed by atoms with Crippen LogP contribution in [-0.2, 0) is 4.79 Å². The first-order valence-corrected chi connectivity index (χ1v) is 7.06. The van der Waals surface area contributed by atoms with E-state index in [1.54, 1.807) is 7.11 Å². The molecule has 0 radical (unpaired) electrons. The van der Waals surface area contributed by atoms with Crippen LogP contribution in [0.3, 0.4) is 0 Å². The van der Waals surface area contributed by atoms with E-state index in [0.29, 0.717) is 18.0 Å². The van der Waals surface area contributed by atoms with Gasteiger partial charge in [0, 0.05) is 0 Å². The van der Waals surface area contributed by atoms with Gasteiger partial charge in [-0.2, -0.15) is 0 Å². The van der Waals surface area contributed by atoms with Crippen molar-refractivity contribution in [1.82, 2.24) is 5.32 Å². The zero-order valence-electron chi connectivity index (χ0n) is 13.5. The molecule has 0 bridgehead atoms. The van der Waals surface area contributed by atoms with Gasteiger partial charge in [-0.25, -0.2) is 4.99 Å². The van der Waals surface area contributed by atoms with Crippen molar-refractivity contribution in [2.75, 3.05) is 7.11 Å². The molecule has 0 unspecified atom stereocenters. The van der Waals surface area contributed by atoms with Gasteiger partial charge in [-0.05, 0) is 44.6 Å². The van der Waals surface area contributed by atoms with Gasteiger partial charge in [0.05, 0.1) is 18.4 Å². The summed E-state index contributed by atoms with van der Waals surface area (Å²) >= 11 is 0. The van der Waals surface area contributed by atoms with Gasteiger partial charge in [0.1, 0.15) is 11.6 Å². The number of hydrogen-bond acceptors (Lipinski definition) is 3. The highest BCUT2D eigenvalue weighted by molar-refractivity contribution is 6.06. The Morgan fingerprint density at radius 1 is 1.27 bits per heavy atom. The van der Waals surface area contributed by atoms with Crippen LogP contribution >= 0.6 is 0 Å². The second-order valence-electron chi connectivity index (χ2n) is 4.47. The van der Waals surface area contributed by atoms with E-state index >= 15 is 0 Å². The molecule has 0 aromatic heterocycles. The fourth-order valence-corrected chi connectivity index (χ4v) is 1.78. The van der Waals surface area contributed by atoms with Gasteiger partial charge in [-0.3, -0.25) is 4.79 Å². The number of nitrogens with zero attached hydrogens (tertiary/aromatic N) is 1. The predicted octanol–water partition coefficient (Wildman–Crippen LogP) is 3.61. The van der Waals surface area contributed by atoms with Crippen molar-refractivity contribution in [2.24, 2.45) is 4.99 Å². The molecule has 0 heterocycles. The Labute approximate surface area is 131 Å². The number of benzene rings is 1. The van der Waals surface area contributed by atoms with E-state index in [-0.39, 0.29) is 0 Å². The third-order valence-corrected chi connectivity index (χ3v) is 3.07. The zero-order chi connectivity index (χ0) is 16.4. The first kappa shape index (κ1) is 17.4. The van der Waals surface area contributed by atoms with E-state index in [0.717, 1.165) is 16.8 Å². The lowest BCUT2D eigenvalue weighted by Gasteiger charge is -2.11. The van der Waals surface area contributed by atoms with Crippen molar-refractivity contribution in [3.8, 4) is 5.75 Å². The van der Waals surface area contributed by atoms with Crippen LogP contribution < -0.4 is 10.1 Å². The number of rotatable bonds is 6. The number of methoxy groups -OCH3 is 1. The van der Waals surface area contributed by atoms with Crippen LogP contribution in [-0.4, -0.2) is 19.4 Å². The van der Waals surface area contributed by atoms with Gasteiger partial charge >= 0.3 is 0 Å². The molecular weight excluding hydrogens is 276 g/mol. The predicted molar refractivity (Wildman–Crippen MR) is 91.1 cm³/mol. The maximum absolute atomic E-state index is 10.9. The Morgan fingerprint density at radius 2 is 2.00 bits per heavy atom. The molecule has 0 aliphatic carbocycles. The van der Waals surface area contributed by atoms with Crippen LogP contribution in [0.15, 0.2) is 64.8 Å². The van der Waals surface area contributed by atoms with E-state index in [9.17, 15) is 4.79 Å². The molecule has 22 heavy (non-hydrogen) atoms. The van der Waals surface area contributed by atoms with Crippen molar-refractivity contribution in [3.63, 3.8) is 0 Å². The number of nitrogens with one attached hydrogen (secondary N) is 1. The standard InChI is InChI=1S/C18H22N2O2/c1-5-7-11-16(14(3)6-2)20-18(19-13-21)15-10-8-9-12-17(15)22-4/h5-13H,1-4H3,(H,19,20,21)/b7-5-,14-6-,16-11+. The van der Waals surface area contributed by atoms with E-state index in [2.05, 4.69) is 10.3 Å². The molecule has 0 saturated carbocycles. The molecule has 1 amide bonds. The maximum atomic E-state index is 10.9. The fraction of sp³-hybridized carbons (Fsp3) is 0.222. The molecule has 4 nitrogen and oxygen atoms in total. The monoisotopic (exact) mass is 298 g/mol. The number of amidine groups is 1. The number of aliphatic imine (C=N–C) groups is 1. The number of allylic oxidation sites excluding steroid dienone is 5. The summed E-state index contributed by atoms with van der Waals surface area (Å²) in [6, 6.07) is 7.42. The summed E-state index contributed by atoms with van der Waals surface area (Å²) in [6.07, 6.45) is 8.32. The Morgan fingerprint density at radius 3 is 2.59 bits per heavy atom.